The fourth-order valence-electron chi connectivity index (χ4n) is 1.27. The Balaban J connectivity index is 2.68. The summed E-state index contributed by atoms with van der Waals surface area (Å²) in [6, 6.07) is 8.91. The fourth-order valence-corrected chi connectivity index (χ4v) is 1.27. The Morgan fingerprint density at radius 2 is 2.00 bits per heavy atom. The van der Waals surface area contributed by atoms with Gasteiger partial charge in [-0.2, -0.15) is 0 Å². The third kappa shape index (κ3) is 4.07. The van der Waals surface area contributed by atoms with Crippen molar-refractivity contribution >= 4 is 5.91 Å². The number of carbonyl (C=O) groups excluding carboxylic acids is 1. The lowest BCUT2D eigenvalue weighted by Gasteiger charge is -2.26. The minimum Gasteiger partial charge on any atom is -0.453 e. The molecule has 1 rings (SSSR count). The minimum atomic E-state index is -1.52. The standard InChI is InChI=1S/C13H18NO3/c1-3-4-10-16-13(2,12(14)15)17-11-8-6-5-7-9-11/h5-9,14H,3-4,10H2,1-2H3. The summed E-state index contributed by atoms with van der Waals surface area (Å²) in [7, 11) is 0. The smallest absolute Gasteiger partial charge is 0.310 e. The van der Waals surface area contributed by atoms with Gasteiger partial charge in [-0.15, -0.1) is 0 Å². The first-order chi connectivity index (χ1) is 8.08. The molecule has 17 heavy (non-hydrogen) atoms. The molecule has 1 aromatic rings. The lowest BCUT2D eigenvalue weighted by atomic mass is 10.2. The van der Waals surface area contributed by atoms with Gasteiger partial charge in [0, 0.05) is 6.92 Å². The number of ether oxygens (including phenoxy) is 2. The topological polar surface area (TPSA) is 59.3 Å². The van der Waals surface area contributed by atoms with E-state index in [0.29, 0.717) is 12.4 Å². The molecule has 0 aliphatic carbocycles. The highest BCUT2D eigenvalue weighted by Gasteiger charge is 2.35. The van der Waals surface area contributed by atoms with Crippen LogP contribution in [0.4, 0.5) is 0 Å². The molecule has 1 amide bonds. The van der Waals surface area contributed by atoms with Crippen LogP contribution in [0.25, 0.3) is 0 Å². The van der Waals surface area contributed by atoms with E-state index >= 15 is 0 Å². The molecule has 0 saturated carbocycles. The first-order valence-electron chi connectivity index (χ1n) is 5.72. The number of para-hydroxylation sites is 1. The van der Waals surface area contributed by atoms with E-state index in [2.05, 4.69) is 0 Å². The van der Waals surface area contributed by atoms with Crippen molar-refractivity contribution in [3.63, 3.8) is 0 Å². The number of benzene rings is 1. The van der Waals surface area contributed by atoms with Crippen LogP contribution in [0.2, 0.25) is 0 Å². The summed E-state index contributed by atoms with van der Waals surface area (Å²) in [6.07, 6.45) is 1.80. The summed E-state index contributed by atoms with van der Waals surface area (Å²) >= 11 is 0. The Morgan fingerprint density at radius 3 is 2.53 bits per heavy atom. The molecule has 93 valence electrons. The maximum absolute atomic E-state index is 11.3. The number of hydrogen-bond acceptors (Lipinski definition) is 3. The van der Waals surface area contributed by atoms with Crippen LogP contribution in [0.15, 0.2) is 30.3 Å². The molecule has 1 atom stereocenters. The van der Waals surface area contributed by atoms with Gasteiger partial charge < -0.3 is 9.47 Å². The van der Waals surface area contributed by atoms with Crippen molar-refractivity contribution in [1.29, 1.82) is 0 Å². The maximum atomic E-state index is 11.3. The third-order valence-corrected chi connectivity index (χ3v) is 2.34. The molecule has 1 aromatic carbocycles. The molecule has 1 unspecified atom stereocenters. The van der Waals surface area contributed by atoms with Gasteiger partial charge in [-0.1, -0.05) is 31.5 Å². The van der Waals surface area contributed by atoms with Gasteiger partial charge >= 0.3 is 5.91 Å². The molecule has 1 radical (unpaired) electrons. The summed E-state index contributed by atoms with van der Waals surface area (Å²) < 4.78 is 10.8. The number of amides is 1. The van der Waals surface area contributed by atoms with Crippen LogP contribution in [-0.4, -0.2) is 18.3 Å². The number of nitrogens with one attached hydrogen (secondary N) is 1. The lowest BCUT2D eigenvalue weighted by molar-refractivity contribution is -0.186. The molecule has 0 spiro atoms. The van der Waals surface area contributed by atoms with Gasteiger partial charge in [0.05, 0.1) is 6.61 Å². The van der Waals surface area contributed by atoms with Gasteiger partial charge in [-0.05, 0) is 18.6 Å². The van der Waals surface area contributed by atoms with Gasteiger partial charge in [0.2, 0.25) is 0 Å². The zero-order valence-electron chi connectivity index (χ0n) is 10.2. The van der Waals surface area contributed by atoms with E-state index < -0.39 is 11.7 Å². The summed E-state index contributed by atoms with van der Waals surface area (Å²) in [5.74, 6) is -1.87. The second-order valence-electron chi connectivity index (χ2n) is 3.89. The zero-order valence-corrected chi connectivity index (χ0v) is 10.2. The first-order valence-corrected chi connectivity index (χ1v) is 5.72. The molecule has 4 nitrogen and oxygen atoms in total. The summed E-state index contributed by atoms with van der Waals surface area (Å²) in [5.41, 5.74) is 7.23. The number of carbonyl (C=O) groups is 1. The molecular formula is C13H18NO3. The van der Waals surface area contributed by atoms with Gasteiger partial charge in [-0.25, -0.2) is 0 Å². The molecule has 0 aliphatic heterocycles. The summed E-state index contributed by atoms with van der Waals surface area (Å²) in [5, 5.41) is 0. The van der Waals surface area contributed by atoms with Crippen LogP contribution in [0.5, 0.6) is 5.75 Å². The Hall–Kier alpha value is -1.55. The average molecular weight is 236 g/mol. The van der Waals surface area contributed by atoms with E-state index in [9.17, 15) is 4.79 Å². The van der Waals surface area contributed by atoms with Crippen LogP contribution in [0.1, 0.15) is 26.7 Å². The third-order valence-electron chi connectivity index (χ3n) is 2.34. The van der Waals surface area contributed by atoms with Crippen LogP contribution < -0.4 is 10.5 Å². The van der Waals surface area contributed by atoms with E-state index in [1.165, 1.54) is 6.92 Å². The highest BCUT2D eigenvalue weighted by molar-refractivity contribution is 5.81. The van der Waals surface area contributed by atoms with Gasteiger partial charge in [-0.3, -0.25) is 10.5 Å². The van der Waals surface area contributed by atoms with Crippen molar-refractivity contribution in [2.24, 2.45) is 0 Å². The van der Waals surface area contributed by atoms with Crippen molar-refractivity contribution in [3.8, 4) is 5.75 Å². The van der Waals surface area contributed by atoms with Crippen molar-refractivity contribution < 1.29 is 14.3 Å². The molecule has 1 N–H and O–H groups in total. The van der Waals surface area contributed by atoms with E-state index in [1.807, 2.05) is 13.0 Å². The van der Waals surface area contributed by atoms with E-state index in [0.717, 1.165) is 12.8 Å². The molecule has 0 heterocycles. The second kappa shape index (κ2) is 6.25. The van der Waals surface area contributed by atoms with E-state index in [1.54, 1.807) is 24.3 Å². The normalized spacial score (nSPS) is 14.0. The largest absolute Gasteiger partial charge is 0.453 e. The second-order valence-corrected chi connectivity index (χ2v) is 3.89. The molecule has 0 aliphatic rings. The predicted molar refractivity (Wildman–Crippen MR) is 64.4 cm³/mol. The Bertz CT molecular complexity index is 353. The van der Waals surface area contributed by atoms with Crippen LogP contribution in [0.3, 0.4) is 0 Å². The molecule has 0 aromatic heterocycles. The van der Waals surface area contributed by atoms with Crippen molar-refractivity contribution in [2.75, 3.05) is 6.61 Å². The van der Waals surface area contributed by atoms with Crippen molar-refractivity contribution in [1.82, 2.24) is 5.73 Å². The summed E-state index contributed by atoms with van der Waals surface area (Å²) in [6.45, 7) is 3.91. The van der Waals surface area contributed by atoms with Crippen LogP contribution >= 0.6 is 0 Å². The number of rotatable bonds is 7. The quantitative estimate of drug-likeness (QED) is 0.539. The number of unbranched alkanes of at least 4 members (excludes halogenated alkanes) is 1. The highest BCUT2D eigenvalue weighted by Crippen LogP contribution is 2.19. The Morgan fingerprint density at radius 1 is 1.35 bits per heavy atom. The maximum Gasteiger partial charge on any atom is 0.310 e. The SMILES string of the molecule is CCCCOC(C)(Oc1ccccc1)C([NH])=O. The van der Waals surface area contributed by atoms with Gasteiger partial charge in [0.25, 0.3) is 5.79 Å². The molecular weight excluding hydrogens is 218 g/mol. The monoisotopic (exact) mass is 236 g/mol. The van der Waals surface area contributed by atoms with Crippen molar-refractivity contribution in [3.05, 3.63) is 30.3 Å². The van der Waals surface area contributed by atoms with Crippen LogP contribution in [-0.2, 0) is 9.53 Å². The number of hydrogen-bond donors (Lipinski definition) is 0. The Labute approximate surface area is 102 Å². The van der Waals surface area contributed by atoms with E-state index in [-0.39, 0.29) is 0 Å². The first kappa shape index (κ1) is 13.5. The molecule has 0 fully saturated rings. The summed E-state index contributed by atoms with van der Waals surface area (Å²) in [4.78, 5) is 11.3. The predicted octanol–water partition coefficient (Wildman–Crippen LogP) is 2.41. The van der Waals surface area contributed by atoms with E-state index in [4.69, 9.17) is 15.2 Å². The minimum absolute atomic E-state index is 0.407. The molecule has 4 heteroatoms. The lowest BCUT2D eigenvalue weighted by Crippen LogP contribution is -2.45. The van der Waals surface area contributed by atoms with Gasteiger partial charge in [0.1, 0.15) is 5.75 Å². The Kier molecular flexibility index (Phi) is 4.97. The molecule has 0 saturated heterocycles. The zero-order chi connectivity index (χ0) is 12.7. The highest BCUT2D eigenvalue weighted by atomic mass is 16.7. The van der Waals surface area contributed by atoms with Gasteiger partial charge in [0.15, 0.2) is 0 Å². The van der Waals surface area contributed by atoms with Crippen molar-refractivity contribution in [2.45, 2.75) is 32.5 Å². The average Bonchev–Trinajstić information content (AvgIpc) is 2.30. The fraction of sp³-hybridized carbons (Fsp3) is 0.462. The van der Waals surface area contributed by atoms with Crippen LogP contribution in [0, 0.1) is 0 Å². The molecule has 0 bridgehead atoms.